The van der Waals surface area contributed by atoms with Gasteiger partial charge in [-0.25, -0.2) is 0 Å². The molecule has 0 radical (unpaired) electrons. The molecule has 0 unspecified atom stereocenters. The number of benzene rings is 1. The minimum absolute atomic E-state index is 0.0207. The van der Waals surface area contributed by atoms with E-state index in [1.807, 2.05) is 6.07 Å². The standard InChI is InChI=1S/C19H21ClF2N2O3/c1-11-5-3-4-6-15(11)24-18(25)13(10-23)7-12-8-14(20)17(27-19(21)22)16(9-12)26-2/h7-9,11,15,19H,3-6H2,1-2H3,(H,24,25)/b13-7+/t11-,15-/m0/s1. The summed E-state index contributed by atoms with van der Waals surface area (Å²) in [6.07, 6.45) is 5.43. The lowest BCUT2D eigenvalue weighted by molar-refractivity contribution is -0.118. The molecule has 0 bridgehead atoms. The topological polar surface area (TPSA) is 71.3 Å². The SMILES string of the molecule is COc1cc(/C=C(\C#N)C(=O)N[C@H]2CCCC[C@@H]2C)cc(Cl)c1OC(F)F. The summed E-state index contributed by atoms with van der Waals surface area (Å²) in [7, 11) is 1.28. The minimum Gasteiger partial charge on any atom is -0.493 e. The third kappa shape index (κ3) is 5.57. The smallest absolute Gasteiger partial charge is 0.387 e. The Balaban J connectivity index is 2.24. The van der Waals surface area contributed by atoms with Gasteiger partial charge in [-0.15, -0.1) is 0 Å². The lowest BCUT2D eigenvalue weighted by Crippen LogP contribution is -2.41. The van der Waals surface area contributed by atoms with Crippen molar-refractivity contribution in [1.29, 1.82) is 5.26 Å². The van der Waals surface area contributed by atoms with Crippen LogP contribution in [0.5, 0.6) is 11.5 Å². The fraction of sp³-hybridized carbons (Fsp3) is 0.474. The van der Waals surface area contributed by atoms with Crippen molar-refractivity contribution < 1.29 is 23.0 Å². The van der Waals surface area contributed by atoms with E-state index in [-0.39, 0.29) is 28.1 Å². The zero-order chi connectivity index (χ0) is 20.0. The highest BCUT2D eigenvalue weighted by atomic mass is 35.5. The summed E-state index contributed by atoms with van der Waals surface area (Å²) in [5.41, 5.74) is 0.260. The number of nitrogens with one attached hydrogen (secondary N) is 1. The van der Waals surface area contributed by atoms with E-state index in [9.17, 15) is 18.8 Å². The predicted octanol–water partition coefficient (Wildman–Crippen LogP) is 4.55. The molecule has 0 heterocycles. The van der Waals surface area contributed by atoms with Crippen LogP contribution in [-0.2, 0) is 4.79 Å². The zero-order valence-electron chi connectivity index (χ0n) is 15.1. The third-order valence-corrected chi connectivity index (χ3v) is 4.84. The first kappa shape index (κ1) is 21.0. The molecule has 1 fully saturated rings. The Labute approximate surface area is 161 Å². The first-order valence-corrected chi connectivity index (χ1v) is 8.98. The Bertz CT molecular complexity index is 762. The molecule has 27 heavy (non-hydrogen) atoms. The Morgan fingerprint density at radius 3 is 2.70 bits per heavy atom. The maximum Gasteiger partial charge on any atom is 0.387 e. The molecule has 2 atom stereocenters. The fourth-order valence-electron chi connectivity index (χ4n) is 3.12. The van der Waals surface area contributed by atoms with Crippen molar-refractivity contribution in [3.05, 3.63) is 28.3 Å². The van der Waals surface area contributed by atoms with E-state index < -0.39 is 12.5 Å². The summed E-state index contributed by atoms with van der Waals surface area (Å²) in [5.74, 6) is -0.444. The number of alkyl halides is 2. The van der Waals surface area contributed by atoms with Gasteiger partial charge in [0.15, 0.2) is 11.5 Å². The van der Waals surface area contributed by atoms with Crippen molar-refractivity contribution in [3.63, 3.8) is 0 Å². The second-order valence-corrected chi connectivity index (χ2v) is 6.83. The summed E-state index contributed by atoms with van der Waals surface area (Å²) >= 11 is 5.99. The molecule has 1 aromatic carbocycles. The van der Waals surface area contributed by atoms with Gasteiger partial charge < -0.3 is 14.8 Å². The molecule has 1 aliphatic rings. The molecule has 0 aliphatic heterocycles. The van der Waals surface area contributed by atoms with E-state index in [1.54, 1.807) is 0 Å². The molecule has 5 nitrogen and oxygen atoms in total. The van der Waals surface area contributed by atoms with Crippen LogP contribution in [0.1, 0.15) is 38.2 Å². The highest BCUT2D eigenvalue weighted by Gasteiger charge is 2.24. The molecule has 1 amide bonds. The number of amides is 1. The van der Waals surface area contributed by atoms with Crippen molar-refractivity contribution in [2.24, 2.45) is 5.92 Å². The molecule has 2 rings (SSSR count). The third-order valence-electron chi connectivity index (χ3n) is 4.56. The molecule has 1 aliphatic carbocycles. The number of nitriles is 1. The van der Waals surface area contributed by atoms with Crippen LogP contribution in [0, 0.1) is 17.2 Å². The zero-order valence-corrected chi connectivity index (χ0v) is 15.9. The van der Waals surface area contributed by atoms with Crippen LogP contribution in [0.3, 0.4) is 0 Å². The summed E-state index contributed by atoms with van der Waals surface area (Å²) < 4.78 is 34.4. The Morgan fingerprint density at radius 2 is 2.11 bits per heavy atom. The second kappa shape index (κ2) is 9.56. The second-order valence-electron chi connectivity index (χ2n) is 6.42. The van der Waals surface area contributed by atoms with Gasteiger partial charge in [-0.2, -0.15) is 14.0 Å². The number of ether oxygens (including phenoxy) is 2. The van der Waals surface area contributed by atoms with Crippen molar-refractivity contribution in [2.75, 3.05) is 7.11 Å². The predicted molar refractivity (Wildman–Crippen MR) is 97.8 cm³/mol. The molecular formula is C19H21ClF2N2O3. The van der Waals surface area contributed by atoms with E-state index in [0.717, 1.165) is 25.7 Å². The van der Waals surface area contributed by atoms with Crippen LogP contribution in [0.25, 0.3) is 6.08 Å². The summed E-state index contributed by atoms with van der Waals surface area (Å²) in [6.45, 7) is -0.984. The largest absolute Gasteiger partial charge is 0.493 e. The van der Waals surface area contributed by atoms with Crippen LogP contribution in [-0.4, -0.2) is 25.7 Å². The van der Waals surface area contributed by atoms with E-state index in [0.29, 0.717) is 11.5 Å². The highest BCUT2D eigenvalue weighted by Crippen LogP contribution is 2.38. The van der Waals surface area contributed by atoms with Crippen LogP contribution >= 0.6 is 11.6 Å². The number of hydrogen-bond donors (Lipinski definition) is 1. The summed E-state index contributed by atoms with van der Waals surface area (Å²) in [5, 5.41) is 12.1. The molecule has 1 N–H and O–H groups in total. The Hall–Kier alpha value is -2.33. The number of rotatable bonds is 6. The van der Waals surface area contributed by atoms with Gasteiger partial charge in [0.1, 0.15) is 11.6 Å². The van der Waals surface area contributed by atoms with E-state index >= 15 is 0 Å². The highest BCUT2D eigenvalue weighted by molar-refractivity contribution is 6.32. The molecule has 1 saturated carbocycles. The number of hydrogen-bond acceptors (Lipinski definition) is 4. The average molecular weight is 399 g/mol. The monoisotopic (exact) mass is 398 g/mol. The number of nitrogens with zero attached hydrogens (tertiary/aromatic N) is 1. The minimum atomic E-state index is -3.06. The number of methoxy groups -OCH3 is 1. The normalized spacial score (nSPS) is 20.1. The fourth-order valence-corrected chi connectivity index (χ4v) is 3.38. The molecule has 146 valence electrons. The van der Waals surface area contributed by atoms with Gasteiger partial charge in [0.05, 0.1) is 12.1 Å². The van der Waals surface area contributed by atoms with Crippen LogP contribution < -0.4 is 14.8 Å². The number of halogens is 3. The van der Waals surface area contributed by atoms with Gasteiger partial charge in [-0.3, -0.25) is 4.79 Å². The van der Waals surface area contributed by atoms with Crippen LogP contribution in [0.2, 0.25) is 5.02 Å². The Kier molecular flexibility index (Phi) is 7.43. The van der Waals surface area contributed by atoms with Crippen molar-refractivity contribution in [2.45, 2.75) is 45.3 Å². The maximum atomic E-state index is 12.5. The number of carbonyl (C=O) groups excluding carboxylic acids is 1. The quantitative estimate of drug-likeness (QED) is 0.563. The van der Waals surface area contributed by atoms with Gasteiger partial charge in [0.2, 0.25) is 0 Å². The van der Waals surface area contributed by atoms with Gasteiger partial charge in [0, 0.05) is 6.04 Å². The Morgan fingerprint density at radius 1 is 1.41 bits per heavy atom. The molecule has 8 heteroatoms. The maximum absolute atomic E-state index is 12.5. The van der Waals surface area contributed by atoms with E-state index in [4.69, 9.17) is 16.3 Å². The van der Waals surface area contributed by atoms with E-state index in [1.165, 1.54) is 25.3 Å². The van der Waals surface area contributed by atoms with Crippen molar-refractivity contribution in [1.82, 2.24) is 5.32 Å². The average Bonchev–Trinajstić information content (AvgIpc) is 2.63. The van der Waals surface area contributed by atoms with E-state index in [2.05, 4.69) is 17.0 Å². The summed E-state index contributed by atoms with van der Waals surface area (Å²) in [4.78, 5) is 12.5. The number of carbonyl (C=O) groups is 1. The molecule has 1 aromatic rings. The lowest BCUT2D eigenvalue weighted by Gasteiger charge is -2.29. The molecule has 0 aromatic heterocycles. The first-order valence-electron chi connectivity index (χ1n) is 8.60. The first-order chi connectivity index (χ1) is 12.8. The van der Waals surface area contributed by atoms with Gasteiger partial charge in [-0.1, -0.05) is 31.4 Å². The van der Waals surface area contributed by atoms with Gasteiger partial charge in [-0.05, 0) is 42.5 Å². The van der Waals surface area contributed by atoms with Gasteiger partial charge >= 0.3 is 6.61 Å². The molecule has 0 saturated heterocycles. The lowest BCUT2D eigenvalue weighted by atomic mass is 9.86. The van der Waals surface area contributed by atoms with Crippen molar-refractivity contribution >= 4 is 23.6 Å². The van der Waals surface area contributed by atoms with Crippen LogP contribution in [0.15, 0.2) is 17.7 Å². The molecular weight excluding hydrogens is 378 g/mol. The van der Waals surface area contributed by atoms with Gasteiger partial charge in [0.25, 0.3) is 5.91 Å². The molecule has 0 spiro atoms. The van der Waals surface area contributed by atoms with Crippen LogP contribution in [0.4, 0.5) is 8.78 Å². The summed E-state index contributed by atoms with van der Waals surface area (Å²) in [6, 6.07) is 4.60. The van der Waals surface area contributed by atoms with Crippen molar-refractivity contribution in [3.8, 4) is 17.6 Å².